The van der Waals surface area contributed by atoms with E-state index in [9.17, 15) is 13.2 Å². The van der Waals surface area contributed by atoms with E-state index in [0.717, 1.165) is 5.69 Å². The van der Waals surface area contributed by atoms with Gasteiger partial charge in [-0.1, -0.05) is 18.2 Å². The molecule has 0 atom stereocenters. The van der Waals surface area contributed by atoms with Gasteiger partial charge in [0.25, 0.3) is 5.91 Å². The molecule has 1 aliphatic rings. The number of para-hydroxylation sites is 1. The summed E-state index contributed by atoms with van der Waals surface area (Å²) in [5, 5.41) is 2.79. The molecule has 4 rings (SSSR count). The largest absolute Gasteiger partial charge is 0.345 e. The summed E-state index contributed by atoms with van der Waals surface area (Å²) in [6.45, 7) is 0.306. The lowest BCUT2D eigenvalue weighted by Crippen LogP contribution is -2.28. The number of aromatic nitrogens is 3. The average molecular weight is 383 g/mol. The Morgan fingerprint density at radius 2 is 1.93 bits per heavy atom. The van der Waals surface area contributed by atoms with Crippen molar-refractivity contribution in [3.63, 3.8) is 0 Å². The molecule has 1 N–H and O–H groups in total. The Morgan fingerprint density at radius 3 is 2.70 bits per heavy atom. The van der Waals surface area contributed by atoms with Crippen molar-refractivity contribution in [2.45, 2.75) is 18.0 Å². The van der Waals surface area contributed by atoms with Crippen LogP contribution in [0.4, 0.5) is 0 Å². The summed E-state index contributed by atoms with van der Waals surface area (Å²) in [6, 6.07) is 12.1. The van der Waals surface area contributed by atoms with Crippen LogP contribution >= 0.6 is 0 Å². The number of hydrogen-bond acceptors (Lipinski definition) is 5. The summed E-state index contributed by atoms with van der Waals surface area (Å²) in [4.78, 5) is 21.3. The van der Waals surface area contributed by atoms with Crippen molar-refractivity contribution in [2.24, 2.45) is 0 Å². The first-order valence-electron chi connectivity index (χ1n) is 8.28. The molecule has 3 heterocycles. The van der Waals surface area contributed by atoms with Crippen LogP contribution in [0.2, 0.25) is 0 Å². The molecule has 9 heteroatoms. The van der Waals surface area contributed by atoms with Crippen molar-refractivity contribution in [3.05, 3.63) is 72.1 Å². The van der Waals surface area contributed by atoms with E-state index in [-0.39, 0.29) is 29.6 Å². The predicted molar refractivity (Wildman–Crippen MR) is 97.6 cm³/mol. The molecule has 1 aliphatic heterocycles. The molecule has 3 aromatic rings. The minimum atomic E-state index is -3.65. The third kappa shape index (κ3) is 3.00. The fourth-order valence-electron chi connectivity index (χ4n) is 3.02. The van der Waals surface area contributed by atoms with Gasteiger partial charge in [0.1, 0.15) is 11.2 Å². The molecule has 8 nitrogen and oxygen atoms in total. The molecule has 0 unspecified atom stereocenters. The highest BCUT2D eigenvalue weighted by Gasteiger charge is 2.32. The lowest BCUT2D eigenvalue weighted by atomic mass is 10.2. The van der Waals surface area contributed by atoms with E-state index in [1.54, 1.807) is 41.1 Å². The normalized spacial score (nSPS) is 15.4. The summed E-state index contributed by atoms with van der Waals surface area (Å²) in [6.07, 6.45) is 3.14. The summed E-state index contributed by atoms with van der Waals surface area (Å²) in [7, 11) is -2.16. The van der Waals surface area contributed by atoms with E-state index in [4.69, 9.17) is 0 Å². The van der Waals surface area contributed by atoms with Crippen LogP contribution in [0.5, 0.6) is 0 Å². The van der Waals surface area contributed by atoms with Crippen LogP contribution in [0.25, 0.3) is 5.69 Å². The fraction of sp³-hybridized carbons (Fsp3) is 0.167. The second-order valence-electron chi connectivity index (χ2n) is 6.14. The van der Waals surface area contributed by atoms with E-state index < -0.39 is 10.0 Å². The summed E-state index contributed by atoms with van der Waals surface area (Å²) < 4.78 is 28.4. The molecule has 2 aromatic heterocycles. The van der Waals surface area contributed by atoms with E-state index in [1.807, 2.05) is 12.1 Å². The van der Waals surface area contributed by atoms with Gasteiger partial charge in [-0.25, -0.2) is 13.4 Å². The van der Waals surface area contributed by atoms with Crippen molar-refractivity contribution >= 4 is 15.9 Å². The Morgan fingerprint density at radius 1 is 1.15 bits per heavy atom. The standard InChI is InChI=1S/C18H17N5O3S/c1-22-11-15-17(18(24)20-10-13-6-4-5-9-19-13)21-12-23(15)14-7-2-3-8-16(14)27(22,25)26/h2-9,12H,10-11H2,1H3,(H,20,24). The number of amides is 1. The van der Waals surface area contributed by atoms with Crippen LogP contribution < -0.4 is 5.32 Å². The molecule has 0 saturated heterocycles. The Hall–Kier alpha value is -3.04. The molecule has 138 valence electrons. The van der Waals surface area contributed by atoms with Crippen molar-refractivity contribution < 1.29 is 13.2 Å². The first kappa shape index (κ1) is 17.4. The van der Waals surface area contributed by atoms with Crippen LogP contribution in [0, 0.1) is 0 Å². The lowest BCUT2D eigenvalue weighted by Gasteiger charge is -2.14. The van der Waals surface area contributed by atoms with Gasteiger partial charge in [0.15, 0.2) is 5.69 Å². The molecule has 0 fully saturated rings. The second kappa shape index (κ2) is 6.60. The summed E-state index contributed by atoms with van der Waals surface area (Å²) in [5.41, 5.74) is 1.92. The minimum Gasteiger partial charge on any atom is -0.345 e. The van der Waals surface area contributed by atoms with Gasteiger partial charge in [-0.2, -0.15) is 4.31 Å². The topological polar surface area (TPSA) is 97.2 Å². The number of benzene rings is 1. The van der Waals surface area contributed by atoms with Gasteiger partial charge in [0.05, 0.1) is 30.2 Å². The molecule has 1 amide bonds. The van der Waals surface area contributed by atoms with Crippen LogP contribution in [0.3, 0.4) is 0 Å². The molecule has 0 bridgehead atoms. The maximum atomic E-state index is 12.8. The Balaban J connectivity index is 1.71. The van der Waals surface area contributed by atoms with E-state index in [0.29, 0.717) is 11.4 Å². The zero-order valence-corrected chi connectivity index (χ0v) is 15.3. The quantitative estimate of drug-likeness (QED) is 0.736. The van der Waals surface area contributed by atoms with Gasteiger partial charge in [-0.3, -0.25) is 14.3 Å². The number of sulfonamides is 1. The van der Waals surface area contributed by atoms with E-state index in [1.165, 1.54) is 17.7 Å². The number of rotatable bonds is 3. The van der Waals surface area contributed by atoms with Gasteiger partial charge in [-0.15, -0.1) is 0 Å². The first-order valence-corrected chi connectivity index (χ1v) is 9.72. The number of nitrogens with zero attached hydrogens (tertiary/aromatic N) is 4. The lowest BCUT2D eigenvalue weighted by molar-refractivity contribution is 0.0944. The molecule has 0 spiro atoms. The third-order valence-electron chi connectivity index (χ3n) is 4.42. The van der Waals surface area contributed by atoms with Gasteiger partial charge in [-0.05, 0) is 24.3 Å². The monoisotopic (exact) mass is 383 g/mol. The number of imidazole rings is 1. The Kier molecular flexibility index (Phi) is 4.25. The van der Waals surface area contributed by atoms with E-state index >= 15 is 0 Å². The number of nitrogens with one attached hydrogen (secondary N) is 1. The average Bonchev–Trinajstić information content (AvgIpc) is 3.07. The highest BCUT2D eigenvalue weighted by atomic mass is 32.2. The SMILES string of the molecule is CN1Cc2c(C(=O)NCc3ccccn3)ncn2-c2ccccc2S1(=O)=O. The molecular formula is C18H17N5O3S. The molecule has 27 heavy (non-hydrogen) atoms. The van der Waals surface area contributed by atoms with Gasteiger partial charge in [0, 0.05) is 13.2 Å². The number of hydrogen-bond donors (Lipinski definition) is 1. The number of fused-ring (bicyclic) bond motifs is 3. The summed E-state index contributed by atoms with van der Waals surface area (Å²) >= 11 is 0. The van der Waals surface area contributed by atoms with E-state index in [2.05, 4.69) is 15.3 Å². The maximum absolute atomic E-state index is 12.8. The molecule has 0 aliphatic carbocycles. The predicted octanol–water partition coefficient (Wildman–Crippen LogP) is 1.33. The van der Waals surface area contributed by atoms with Crippen molar-refractivity contribution in [1.29, 1.82) is 0 Å². The zero-order valence-electron chi connectivity index (χ0n) is 14.5. The van der Waals surface area contributed by atoms with Crippen LogP contribution in [0.1, 0.15) is 21.9 Å². The Labute approximate surface area is 156 Å². The van der Waals surface area contributed by atoms with Crippen LogP contribution in [-0.2, 0) is 23.1 Å². The van der Waals surface area contributed by atoms with Crippen molar-refractivity contribution in [3.8, 4) is 5.69 Å². The Bertz CT molecular complexity index is 1110. The number of carbonyl (C=O) groups excluding carboxylic acids is 1. The molecule has 0 radical (unpaired) electrons. The first-order chi connectivity index (χ1) is 13.0. The molecule has 0 saturated carbocycles. The minimum absolute atomic E-state index is 0.0450. The maximum Gasteiger partial charge on any atom is 0.272 e. The van der Waals surface area contributed by atoms with Gasteiger partial charge in [0.2, 0.25) is 10.0 Å². The van der Waals surface area contributed by atoms with Gasteiger partial charge < -0.3 is 5.32 Å². The smallest absolute Gasteiger partial charge is 0.272 e. The zero-order chi connectivity index (χ0) is 19.0. The number of carbonyl (C=O) groups is 1. The second-order valence-corrected chi connectivity index (χ2v) is 8.16. The third-order valence-corrected chi connectivity index (χ3v) is 6.27. The van der Waals surface area contributed by atoms with Gasteiger partial charge >= 0.3 is 0 Å². The van der Waals surface area contributed by atoms with Crippen molar-refractivity contribution in [2.75, 3.05) is 7.05 Å². The van der Waals surface area contributed by atoms with Crippen LogP contribution in [-0.4, -0.2) is 40.2 Å². The molecule has 1 aromatic carbocycles. The highest BCUT2D eigenvalue weighted by molar-refractivity contribution is 7.89. The highest BCUT2D eigenvalue weighted by Crippen LogP contribution is 2.30. The number of pyridine rings is 1. The van der Waals surface area contributed by atoms with Crippen LogP contribution in [0.15, 0.2) is 59.9 Å². The fourth-order valence-corrected chi connectivity index (χ4v) is 4.33. The summed E-state index contributed by atoms with van der Waals surface area (Å²) in [5.74, 6) is -0.375. The van der Waals surface area contributed by atoms with Crippen molar-refractivity contribution in [1.82, 2.24) is 24.2 Å². The molecular weight excluding hydrogens is 366 g/mol.